The molecular weight excluding hydrogens is 190 g/mol. The maximum Gasteiger partial charge on any atom is 0.0808 e. The molecule has 15 heavy (non-hydrogen) atoms. The Kier molecular flexibility index (Phi) is 5.58. The molecule has 0 radical (unpaired) electrons. The van der Waals surface area contributed by atoms with Crippen molar-refractivity contribution in [1.29, 1.82) is 0 Å². The second-order valence-electron chi connectivity index (χ2n) is 4.84. The molecule has 0 aromatic carbocycles. The van der Waals surface area contributed by atoms with Crippen LogP contribution in [0.4, 0.5) is 0 Å². The molecule has 1 N–H and O–H groups in total. The summed E-state index contributed by atoms with van der Waals surface area (Å²) in [6.07, 6.45) is 3.95. The molecule has 0 amide bonds. The second kappa shape index (κ2) is 6.46. The van der Waals surface area contributed by atoms with Crippen molar-refractivity contribution in [3.8, 4) is 0 Å². The summed E-state index contributed by atoms with van der Waals surface area (Å²) < 4.78 is 11.5. The molecule has 90 valence electrons. The van der Waals surface area contributed by atoms with Crippen LogP contribution in [0.1, 0.15) is 40.0 Å². The summed E-state index contributed by atoms with van der Waals surface area (Å²) >= 11 is 0. The van der Waals surface area contributed by atoms with Crippen LogP contribution >= 0.6 is 0 Å². The first kappa shape index (κ1) is 12.9. The molecule has 1 heterocycles. The summed E-state index contributed by atoms with van der Waals surface area (Å²) in [5.41, 5.74) is -0.0865. The van der Waals surface area contributed by atoms with Gasteiger partial charge in [-0.1, -0.05) is 6.92 Å². The summed E-state index contributed by atoms with van der Waals surface area (Å²) in [6.45, 7) is 9.89. The van der Waals surface area contributed by atoms with Gasteiger partial charge in [-0.3, -0.25) is 0 Å². The average molecular weight is 215 g/mol. The van der Waals surface area contributed by atoms with Crippen molar-refractivity contribution < 1.29 is 9.47 Å². The van der Waals surface area contributed by atoms with E-state index < -0.39 is 0 Å². The highest BCUT2D eigenvalue weighted by Crippen LogP contribution is 2.16. The monoisotopic (exact) mass is 215 g/mol. The molecule has 0 aromatic heterocycles. The highest BCUT2D eigenvalue weighted by atomic mass is 16.5. The number of rotatable bonds is 6. The zero-order valence-corrected chi connectivity index (χ0v) is 10.3. The molecule has 1 rings (SSSR count). The molecule has 1 fully saturated rings. The molecule has 3 nitrogen and oxygen atoms in total. The topological polar surface area (TPSA) is 30.5 Å². The van der Waals surface area contributed by atoms with Gasteiger partial charge in [0, 0.05) is 13.2 Å². The van der Waals surface area contributed by atoms with E-state index in [9.17, 15) is 0 Å². The van der Waals surface area contributed by atoms with E-state index >= 15 is 0 Å². The van der Waals surface area contributed by atoms with Gasteiger partial charge in [-0.2, -0.15) is 0 Å². The summed E-state index contributed by atoms with van der Waals surface area (Å²) in [5.74, 6) is 0. The first-order valence-electron chi connectivity index (χ1n) is 6.10. The van der Waals surface area contributed by atoms with Crippen LogP contribution in [0.5, 0.6) is 0 Å². The van der Waals surface area contributed by atoms with Crippen molar-refractivity contribution in [1.82, 2.24) is 5.32 Å². The van der Waals surface area contributed by atoms with Crippen molar-refractivity contribution >= 4 is 0 Å². The molecule has 0 spiro atoms. The summed E-state index contributed by atoms with van der Waals surface area (Å²) in [7, 11) is 0. The van der Waals surface area contributed by atoms with E-state index in [2.05, 4.69) is 26.1 Å². The zero-order valence-electron chi connectivity index (χ0n) is 10.3. The highest BCUT2D eigenvalue weighted by molar-refractivity contribution is 4.73. The van der Waals surface area contributed by atoms with Crippen molar-refractivity contribution in [3.05, 3.63) is 0 Å². The summed E-state index contributed by atoms with van der Waals surface area (Å²) in [6, 6.07) is 0. The van der Waals surface area contributed by atoms with Gasteiger partial charge in [0.25, 0.3) is 0 Å². The zero-order chi connectivity index (χ0) is 11.1. The van der Waals surface area contributed by atoms with Gasteiger partial charge in [-0.05, 0) is 39.7 Å². The van der Waals surface area contributed by atoms with Gasteiger partial charge in [0.05, 0.1) is 18.3 Å². The minimum atomic E-state index is -0.0865. The van der Waals surface area contributed by atoms with E-state index in [4.69, 9.17) is 9.47 Å². The fourth-order valence-electron chi connectivity index (χ4n) is 1.73. The standard InChI is InChI=1S/C12H25NO2/c1-4-13-10-12(2,3)15-9-11-7-5-6-8-14-11/h11,13H,4-10H2,1-3H3. The third-order valence-electron chi connectivity index (χ3n) is 2.73. The van der Waals surface area contributed by atoms with Gasteiger partial charge in [0.2, 0.25) is 0 Å². The molecule has 1 saturated heterocycles. The first-order chi connectivity index (χ1) is 7.14. The molecule has 0 bridgehead atoms. The van der Waals surface area contributed by atoms with Crippen molar-refractivity contribution in [2.24, 2.45) is 0 Å². The lowest BCUT2D eigenvalue weighted by Crippen LogP contribution is -2.40. The Hall–Kier alpha value is -0.120. The Morgan fingerprint density at radius 1 is 1.40 bits per heavy atom. The molecule has 0 aliphatic carbocycles. The van der Waals surface area contributed by atoms with E-state index in [0.29, 0.717) is 6.10 Å². The number of nitrogens with one attached hydrogen (secondary N) is 1. The molecule has 3 heteroatoms. The molecule has 1 unspecified atom stereocenters. The van der Waals surface area contributed by atoms with Gasteiger partial charge in [0.15, 0.2) is 0 Å². The van der Waals surface area contributed by atoms with Crippen LogP contribution in [0.15, 0.2) is 0 Å². The molecule has 1 aliphatic rings. The van der Waals surface area contributed by atoms with Crippen LogP contribution in [-0.4, -0.2) is 38.0 Å². The first-order valence-corrected chi connectivity index (χ1v) is 6.10. The van der Waals surface area contributed by atoms with Gasteiger partial charge >= 0.3 is 0 Å². The Labute approximate surface area is 93.5 Å². The van der Waals surface area contributed by atoms with Crippen molar-refractivity contribution in [2.75, 3.05) is 26.3 Å². The third kappa shape index (κ3) is 5.50. The Balaban J connectivity index is 2.15. The van der Waals surface area contributed by atoms with Crippen molar-refractivity contribution in [3.63, 3.8) is 0 Å². The van der Waals surface area contributed by atoms with Gasteiger partial charge in [-0.15, -0.1) is 0 Å². The highest BCUT2D eigenvalue weighted by Gasteiger charge is 2.21. The summed E-state index contributed by atoms with van der Waals surface area (Å²) in [4.78, 5) is 0. The quantitative estimate of drug-likeness (QED) is 0.734. The van der Waals surface area contributed by atoms with E-state index in [0.717, 1.165) is 32.7 Å². The number of ether oxygens (including phenoxy) is 2. The fraction of sp³-hybridized carbons (Fsp3) is 1.00. The van der Waals surface area contributed by atoms with Crippen LogP contribution < -0.4 is 5.32 Å². The van der Waals surface area contributed by atoms with Gasteiger partial charge in [-0.25, -0.2) is 0 Å². The SMILES string of the molecule is CCNCC(C)(C)OCC1CCCCO1. The molecule has 1 aliphatic heterocycles. The lowest BCUT2D eigenvalue weighted by molar-refractivity contribution is -0.0917. The van der Waals surface area contributed by atoms with E-state index in [1.807, 2.05) is 0 Å². The predicted molar refractivity (Wildman–Crippen MR) is 62.2 cm³/mol. The predicted octanol–water partition coefficient (Wildman–Crippen LogP) is 1.96. The number of likely N-dealkylation sites (N-methyl/N-ethyl adjacent to an activating group) is 1. The molecule has 1 atom stereocenters. The lowest BCUT2D eigenvalue weighted by atomic mass is 10.1. The van der Waals surface area contributed by atoms with Gasteiger partial charge in [0.1, 0.15) is 0 Å². The average Bonchev–Trinajstić information content (AvgIpc) is 2.25. The molecular formula is C12H25NO2. The normalized spacial score (nSPS) is 23.0. The smallest absolute Gasteiger partial charge is 0.0808 e. The van der Waals surface area contributed by atoms with Crippen molar-refractivity contribution in [2.45, 2.75) is 51.7 Å². The maximum atomic E-state index is 5.88. The Morgan fingerprint density at radius 3 is 2.80 bits per heavy atom. The van der Waals surface area contributed by atoms with E-state index in [1.54, 1.807) is 0 Å². The maximum absolute atomic E-state index is 5.88. The van der Waals surface area contributed by atoms with E-state index in [1.165, 1.54) is 12.8 Å². The van der Waals surface area contributed by atoms with Crippen LogP contribution in [0.2, 0.25) is 0 Å². The van der Waals surface area contributed by atoms with Crippen LogP contribution in [-0.2, 0) is 9.47 Å². The summed E-state index contributed by atoms with van der Waals surface area (Å²) in [5, 5.41) is 3.31. The Morgan fingerprint density at radius 2 is 2.20 bits per heavy atom. The largest absolute Gasteiger partial charge is 0.376 e. The van der Waals surface area contributed by atoms with Crippen LogP contribution in [0.25, 0.3) is 0 Å². The minimum absolute atomic E-state index is 0.0865. The lowest BCUT2D eigenvalue weighted by Gasteiger charge is -2.30. The van der Waals surface area contributed by atoms with Crippen LogP contribution in [0.3, 0.4) is 0 Å². The number of hydrogen-bond donors (Lipinski definition) is 1. The number of hydrogen-bond acceptors (Lipinski definition) is 3. The fourth-order valence-corrected chi connectivity index (χ4v) is 1.73. The Bertz CT molecular complexity index is 165. The van der Waals surface area contributed by atoms with Crippen LogP contribution in [0, 0.1) is 0 Å². The molecule has 0 saturated carbocycles. The second-order valence-corrected chi connectivity index (χ2v) is 4.84. The third-order valence-corrected chi connectivity index (χ3v) is 2.73. The van der Waals surface area contributed by atoms with Gasteiger partial charge < -0.3 is 14.8 Å². The molecule has 0 aromatic rings. The minimum Gasteiger partial charge on any atom is -0.376 e. The van der Waals surface area contributed by atoms with E-state index in [-0.39, 0.29) is 5.60 Å².